The first-order valence-corrected chi connectivity index (χ1v) is 6.75. The maximum atomic E-state index is 13.9. The minimum absolute atomic E-state index is 0.312. The zero-order chi connectivity index (χ0) is 14.7. The molecule has 106 valence electrons. The standard InChI is InChI=1S/C17H19F2N/c1-11(2)20-10-13-5-7-16(18)15(8-13)14-6-4-12(3)17(19)9-14/h4-9,11,20H,10H2,1-3H3. The Bertz CT molecular complexity index is 606. The molecule has 0 fully saturated rings. The van der Waals surface area contributed by atoms with Crippen molar-refractivity contribution < 1.29 is 8.78 Å². The van der Waals surface area contributed by atoms with E-state index in [1.54, 1.807) is 31.2 Å². The lowest BCUT2D eigenvalue weighted by molar-refractivity contribution is 0.586. The summed E-state index contributed by atoms with van der Waals surface area (Å²) in [6, 6.07) is 10.1. The van der Waals surface area contributed by atoms with Crippen molar-refractivity contribution in [3.63, 3.8) is 0 Å². The number of hydrogen-bond acceptors (Lipinski definition) is 1. The Morgan fingerprint density at radius 3 is 2.40 bits per heavy atom. The summed E-state index contributed by atoms with van der Waals surface area (Å²) in [6.45, 7) is 6.47. The van der Waals surface area contributed by atoms with Crippen LogP contribution in [0.15, 0.2) is 36.4 Å². The second kappa shape index (κ2) is 6.14. The second-order valence-electron chi connectivity index (χ2n) is 5.31. The van der Waals surface area contributed by atoms with E-state index < -0.39 is 0 Å². The predicted octanol–water partition coefficient (Wildman–Crippen LogP) is 4.44. The summed E-state index contributed by atoms with van der Waals surface area (Å²) in [5.74, 6) is -0.644. The highest BCUT2D eigenvalue weighted by Crippen LogP contribution is 2.25. The molecule has 0 saturated heterocycles. The Morgan fingerprint density at radius 1 is 1.00 bits per heavy atom. The number of aryl methyl sites for hydroxylation is 1. The van der Waals surface area contributed by atoms with Gasteiger partial charge in [-0.1, -0.05) is 32.0 Å². The normalized spacial score (nSPS) is 11.1. The lowest BCUT2D eigenvalue weighted by Gasteiger charge is -2.11. The molecular weight excluding hydrogens is 256 g/mol. The third kappa shape index (κ3) is 3.42. The fraction of sp³-hybridized carbons (Fsp3) is 0.294. The first-order valence-electron chi connectivity index (χ1n) is 6.75. The Labute approximate surface area is 118 Å². The van der Waals surface area contributed by atoms with Crippen LogP contribution in [-0.2, 0) is 6.54 Å². The molecule has 0 unspecified atom stereocenters. The van der Waals surface area contributed by atoms with Gasteiger partial charge in [-0.2, -0.15) is 0 Å². The van der Waals surface area contributed by atoms with Gasteiger partial charge >= 0.3 is 0 Å². The molecule has 0 saturated carbocycles. The van der Waals surface area contributed by atoms with Crippen molar-refractivity contribution in [1.29, 1.82) is 0 Å². The van der Waals surface area contributed by atoms with Crippen molar-refractivity contribution in [2.45, 2.75) is 33.4 Å². The van der Waals surface area contributed by atoms with Gasteiger partial charge in [-0.3, -0.25) is 0 Å². The van der Waals surface area contributed by atoms with Gasteiger partial charge in [0.2, 0.25) is 0 Å². The molecule has 0 amide bonds. The number of benzene rings is 2. The maximum Gasteiger partial charge on any atom is 0.131 e. The van der Waals surface area contributed by atoms with Gasteiger partial charge in [0.15, 0.2) is 0 Å². The summed E-state index contributed by atoms with van der Waals surface area (Å²) in [5, 5.41) is 3.28. The molecule has 1 nitrogen and oxygen atoms in total. The summed E-state index contributed by atoms with van der Waals surface area (Å²) in [5.41, 5.74) is 2.55. The fourth-order valence-corrected chi connectivity index (χ4v) is 1.99. The number of hydrogen-bond donors (Lipinski definition) is 1. The number of halogens is 2. The molecule has 2 rings (SSSR count). The average Bonchev–Trinajstić information content (AvgIpc) is 2.41. The van der Waals surface area contributed by atoms with E-state index in [1.807, 2.05) is 0 Å². The number of nitrogens with one attached hydrogen (secondary N) is 1. The first-order chi connectivity index (χ1) is 9.47. The van der Waals surface area contributed by atoms with Crippen LogP contribution >= 0.6 is 0 Å². The second-order valence-corrected chi connectivity index (χ2v) is 5.31. The van der Waals surface area contributed by atoms with Crippen molar-refractivity contribution in [1.82, 2.24) is 5.32 Å². The summed E-state index contributed by atoms with van der Waals surface area (Å²) in [4.78, 5) is 0. The molecule has 0 spiro atoms. The topological polar surface area (TPSA) is 12.0 Å². The van der Waals surface area contributed by atoms with Gasteiger partial charge in [0, 0.05) is 18.2 Å². The van der Waals surface area contributed by atoms with Crippen LogP contribution < -0.4 is 5.32 Å². The van der Waals surface area contributed by atoms with Gasteiger partial charge in [0.25, 0.3) is 0 Å². The van der Waals surface area contributed by atoms with Crippen LogP contribution in [0.25, 0.3) is 11.1 Å². The van der Waals surface area contributed by atoms with Crippen molar-refractivity contribution >= 4 is 0 Å². The molecular formula is C17H19F2N. The van der Waals surface area contributed by atoms with Gasteiger partial charge in [0.05, 0.1) is 0 Å². The van der Waals surface area contributed by atoms with Crippen LogP contribution in [0.3, 0.4) is 0 Å². The first kappa shape index (κ1) is 14.7. The zero-order valence-corrected chi connectivity index (χ0v) is 12.0. The van der Waals surface area contributed by atoms with Gasteiger partial charge in [-0.25, -0.2) is 8.78 Å². The molecule has 20 heavy (non-hydrogen) atoms. The van der Waals surface area contributed by atoms with Crippen molar-refractivity contribution in [3.05, 3.63) is 59.2 Å². The van der Waals surface area contributed by atoms with Crippen LogP contribution in [0.1, 0.15) is 25.0 Å². The Balaban J connectivity index is 2.34. The van der Waals surface area contributed by atoms with Crippen molar-refractivity contribution in [2.75, 3.05) is 0 Å². The van der Waals surface area contributed by atoms with E-state index in [9.17, 15) is 8.78 Å². The van der Waals surface area contributed by atoms with Gasteiger partial charge < -0.3 is 5.32 Å². The zero-order valence-electron chi connectivity index (χ0n) is 12.0. The van der Waals surface area contributed by atoms with Crippen molar-refractivity contribution in [3.8, 4) is 11.1 Å². The van der Waals surface area contributed by atoms with E-state index in [0.717, 1.165) is 5.56 Å². The van der Waals surface area contributed by atoms with Crippen LogP contribution in [0.5, 0.6) is 0 Å². The third-order valence-corrected chi connectivity index (χ3v) is 3.23. The Kier molecular flexibility index (Phi) is 4.50. The Morgan fingerprint density at radius 2 is 1.75 bits per heavy atom. The maximum absolute atomic E-state index is 13.9. The highest BCUT2D eigenvalue weighted by Gasteiger charge is 2.08. The summed E-state index contributed by atoms with van der Waals surface area (Å²) in [7, 11) is 0. The smallest absolute Gasteiger partial charge is 0.131 e. The Hall–Kier alpha value is -1.74. The van der Waals surface area contributed by atoms with E-state index in [4.69, 9.17) is 0 Å². The van der Waals surface area contributed by atoms with E-state index in [2.05, 4.69) is 19.2 Å². The van der Waals surface area contributed by atoms with Crippen LogP contribution in [0.4, 0.5) is 8.78 Å². The SMILES string of the molecule is Cc1ccc(-c2cc(CNC(C)C)ccc2F)cc1F. The molecule has 0 aliphatic rings. The molecule has 0 atom stereocenters. The molecule has 0 aliphatic carbocycles. The van der Waals surface area contributed by atoms with Gasteiger partial charge in [0.1, 0.15) is 11.6 Å². The van der Waals surface area contributed by atoms with Gasteiger partial charge in [-0.15, -0.1) is 0 Å². The highest BCUT2D eigenvalue weighted by molar-refractivity contribution is 5.65. The monoisotopic (exact) mass is 275 g/mol. The molecule has 0 aromatic heterocycles. The van der Waals surface area contributed by atoms with Crippen molar-refractivity contribution in [2.24, 2.45) is 0 Å². The fourth-order valence-electron chi connectivity index (χ4n) is 1.99. The summed E-state index contributed by atoms with van der Waals surface area (Å²) >= 11 is 0. The van der Waals surface area contributed by atoms with E-state index in [1.165, 1.54) is 12.1 Å². The molecule has 0 heterocycles. The van der Waals surface area contributed by atoms with E-state index in [-0.39, 0.29) is 11.6 Å². The predicted molar refractivity (Wildman–Crippen MR) is 78.5 cm³/mol. The minimum atomic E-state index is -0.332. The molecule has 1 N–H and O–H groups in total. The lowest BCUT2D eigenvalue weighted by Crippen LogP contribution is -2.21. The van der Waals surface area contributed by atoms with Crippen LogP contribution in [-0.4, -0.2) is 6.04 Å². The molecule has 0 bridgehead atoms. The molecule has 0 radical (unpaired) electrons. The lowest BCUT2D eigenvalue weighted by atomic mass is 10.0. The molecule has 0 aliphatic heterocycles. The molecule has 3 heteroatoms. The largest absolute Gasteiger partial charge is 0.310 e. The van der Waals surface area contributed by atoms with Gasteiger partial charge in [-0.05, 0) is 41.8 Å². The minimum Gasteiger partial charge on any atom is -0.310 e. The van der Waals surface area contributed by atoms with Crippen LogP contribution in [0.2, 0.25) is 0 Å². The highest BCUT2D eigenvalue weighted by atomic mass is 19.1. The molecule has 2 aromatic carbocycles. The quantitative estimate of drug-likeness (QED) is 0.870. The number of rotatable bonds is 4. The van der Waals surface area contributed by atoms with Crippen LogP contribution in [0, 0.1) is 18.6 Å². The third-order valence-electron chi connectivity index (χ3n) is 3.23. The summed E-state index contributed by atoms with van der Waals surface area (Å²) in [6.07, 6.45) is 0. The van der Waals surface area contributed by atoms with E-state index in [0.29, 0.717) is 29.3 Å². The molecule has 2 aromatic rings. The average molecular weight is 275 g/mol. The van der Waals surface area contributed by atoms with E-state index >= 15 is 0 Å². The summed E-state index contributed by atoms with van der Waals surface area (Å²) < 4.78 is 27.6.